The van der Waals surface area contributed by atoms with Crippen molar-refractivity contribution in [2.45, 2.75) is 148 Å². The largest absolute Gasteiger partial charge is 0.466 e. The summed E-state index contributed by atoms with van der Waals surface area (Å²) in [5.74, 6) is 0.718. The summed E-state index contributed by atoms with van der Waals surface area (Å²) in [5.41, 5.74) is 0. The monoisotopic (exact) mass is 456 g/mol. The van der Waals surface area contributed by atoms with E-state index in [9.17, 15) is 4.79 Å². The quantitative estimate of drug-likeness (QED) is 0.0590. The maximum Gasteiger partial charge on any atom is 0.305 e. The lowest BCUT2D eigenvalue weighted by atomic mass is 10.1. The summed E-state index contributed by atoms with van der Waals surface area (Å²) >= 11 is 5.64. The summed E-state index contributed by atoms with van der Waals surface area (Å²) in [6.07, 6.45) is 32.1. The molecule has 0 unspecified atom stereocenters. The minimum atomic E-state index is -0.0154. The van der Waals surface area contributed by atoms with Crippen LogP contribution in [0.2, 0.25) is 0 Å². The van der Waals surface area contributed by atoms with Crippen molar-refractivity contribution in [2.75, 3.05) is 12.5 Å². The molecule has 3 heteroatoms. The summed E-state index contributed by atoms with van der Waals surface area (Å²) in [5, 5.41) is 0. The Kier molecular flexibility index (Phi) is 27.1. The Labute approximate surface area is 199 Å². The van der Waals surface area contributed by atoms with Gasteiger partial charge in [0.2, 0.25) is 0 Å². The molecule has 0 aromatic rings. The first-order valence-corrected chi connectivity index (χ1v) is 14.2. The topological polar surface area (TPSA) is 26.3 Å². The van der Waals surface area contributed by atoms with E-state index >= 15 is 0 Å². The Morgan fingerprint density at radius 3 is 1.61 bits per heavy atom. The molecule has 0 aliphatic rings. The van der Waals surface area contributed by atoms with Gasteiger partial charge in [-0.2, -0.15) is 0 Å². The highest BCUT2D eigenvalue weighted by Crippen LogP contribution is 2.12. The van der Waals surface area contributed by atoms with Crippen LogP contribution in [0.3, 0.4) is 0 Å². The Balaban J connectivity index is 3.16. The fraction of sp³-hybridized carbons (Fsp3) is 0.893. The van der Waals surface area contributed by atoms with E-state index in [1.807, 2.05) is 0 Å². The van der Waals surface area contributed by atoms with Gasteiger partial charge in [-0.15, -0.1) is 11.6 Å². The number of rotatable bonds is 25. The first kappa shape index (κ1) is 30.5. The third kappa shape index (κ3) is 27.5. The van der Waals surface area contributed by atoms with Crippen LogP contribution in [0.25, 0.3) is 0 Å². The highest BCUT2D eigenvalue weighted by atomic mass is 35.5. The molecule has 0 radical (unpaired) electrons. The van der Waals surface area contributed by atoms with E-state index in [2.05, 4.69) is 19.1 Å². The smallest absolute Gasteiger partial charge is 0.305 e. The van der Waals surface area contributed by atoms with Crippen molar-refractivity contribution in [1.29, 1.82) is 0 Å². The molecule has 0 fully saturated rings. The van der Waals surface area contributed by atoms with Gasteiger partial charge in [-0.3, -0.25) is 4.79 Å². The van der Waals surface area contributed by atoms with Crippen molar-refractivity contribution in [1.82, 2.24) is 0 Å². The van der Waals surface area contributed by atoms with Crippen LogP contribution in [0.4, 0.5) is 0 Å². The van der Waals surface area contributed by atoms with Crippen LogP contribution in [0.15, 0.2) is 12.2 Å². The lowest BCUT2D eigenvalue weighted by molar-refractivity contribution is -0.143. The van der Waals surface area contributed by atoms with Gasteiger partial charge in [-0.1, -0.05) is 109 Å². The molecule has 0 amide bonds. The molecule has 0 aromatic carbocycles. The third-order valence-corrected chi connectivity index (χ3v) is 6.20. The van der Waals surface area contributed by atoms with Gasteiger partial charge in [0.1, 0.15) is 0 Å². The maximum absolute atomic E-state index is 11.7. The van der Waals surface area contributed by atoms with Crippen molar-refractivity contribution in [3.63, 3.8) is 0 Å². The van der Waals surface area contributed by atoms with Gasteiger partial charge >= 0.3 is 5.97 Å². The number of alkyl halides is 1. The van der Waals surface area contributed by atoms with E-state index < -0.39 is 0 Å². The highest BCUT2D eigenvalue weighted by Gasteiger charge is 2.02. The Bertz CT molecular complexity index is 381. The number of esters is 1. The number of halogens is 1. The van der Waals surface area contributed by atoms with Gasteiger partial charge in [0.15, 0.2) is 0 Å². The van der Waals surface area contributed by atoms with Gasteiger partial charge in [0.25, 0.3) is 0 Å². The second-order valence-electron chi connectivity index (χ2n) is 9.07. The second-order valence-corrected chi connectivity index (χ2v) is 9.45. The SMILES string of the molecule is CCCCCCCC/C=C\CCCCCCCCCCCC(=O)OCCCCCCCl. The zero-order valence-corrected chi connectivity index (χ0v) is 21.6. The first-order chi connectivity index (χ1) is 15.3. The number of ether oxygens (including phenoxy) is 1. The molecule has 0 aliphatic heterocycles. The normalized spacial score (nSPS) is 11.4. The molecule has 184 valence electrons. The van der Waals surface area contributed by atoms with Crippen LogP contribution in [0.1, 0.15) is 148 Å². The molecule has 0 spiro atoms. The molecular formula is C28H53ClO2. The van der Waals surface area contributed by atoms with E-state index in [-0.39, 0.29) is 5.97 Å². The van der Waals surface area contributed by atoms with Crippen molar-refractivity contribution in [3.05, 3.63) is 12.2 Å². The summed E-state index contributed by atoms with van der Waals surface area (Å²) in [7, 11) is 0. The third-order valence-electron chi connectivity index (χ3n) is 5.93. The first-order valence-electron chi connectivity index (χ1n) is 13.7. The standard InChI is InChI=1S/C28H53ClO2/c1-2-3-4-5-6-7-8-9-10-11-12-13-14-15-16-17-18-19-22-25-28(30)31-27-24-21-20-23-26-29/h9-10H,2-8,11-27H2,1H3/b10-9-. The highest BCUT2D eigenvalue weighted by molar-refractivity contribution is 6.17. The molecule has 0 rings (SSSR count). The van der Waals surface area contributed by atoms with Crippen LogP contribution < -0.4 is 0 Å². The number of hydrogen-bond donors (Lipinski definition) is 0. The molecule has 0 aromatic heterocycles. The summed E-state index contributed by atoms with van der Waals surface area (Å²) < 4.78 is 5.28. The molecule has 31 heavy (non-hydrogen) atoms. The van der Waals surface area contributed by atoms with E-state index in [1.54, 1.807) is 0 Å². The molecule has 0 atom stereocenters. The fourth-order valence-corrected chi connectivity index (χ4v) is 4.04. The second kappa shape index (κ2) is 27.5. The Hall–Kier alpha value is -0.500. The van der Waals surface area contributed by atoms with Crippen LogP contribution in [-0.2, 0) is 9.53 Å². The molecule has 0 aliphatic carbocycles. The number of allylic oxidation sites excluding steroid dienone is 2. The molecular weight excluding hydrogens is 404 g/mol. The van der Waals surface area contributed by atoms with Gasteiger partial charge in [0.05, 0.1) is 6.61 Å². The number of carbonyl (C=O) groups is 1. The number of unbranched alkanes of at least 4 members (excludes halogenated alkanes) is 18. The Morgan fingerprint density at radius 2 is 1.06 bits per heavy atom. The predicted molar refractivity (Wildman–Crippen MR) is 138 cm³/mol. The zero-order chi connectivity index (χ0) is 22.7. The summed E-state index contributed by atoms with van der Waals surface area (Å²) in [6.45, 7) is 2.86. The molecule has 0 bridgehead atoms. The van der Waals surface area contributed by atoms with Gasteiger partial charge < -0.3 is 4.74 Å². The minimum Gasteiger partial charge on any atom is -0.466 e. The molecule has 0 heterocycles. The minimum absolute atomic E-state index is 0.0154. The van der Waals surface area contributed by atoms with Gasteiger partial charge in [-0.25, -0.2) is 0 Å². The average molecular weight is 457 g/mol. The van der Waals surface area contributed by atoms with Crippen LogP contribution in [0, 0.1) is 0 Å². The predicted octanol–water partition coefficient (Wildman–Crippen LogP) is 9.93. The van der Waals surface area contributed by atoms with E-state index in [1.165, 1.54) is 96.3 Å². The molecule has 0 saturated carbocycles. The zero-order valence-electron chi connectivity index (χ0n) is 20.8. The van der Waals surface area contributed by atoms with Gasteiger partial charge in [0, 0.05) is 12.3 Å². The van der Waals surface area contributed by atoms with Crippen LogP contribution >= 0.6 is 11.6 Å². The van der Waals surface area contributed by atoms with E-state index in [0.717, 1.165) is 44.4 Å². The van der Waals surface area contributed by atoms with Crippen LogP contribution in [-0.4, -0.2) is 18.5 Å². The van der Waals surface area contributed by atoms with E-state index in [4.69, 9.17) is 16.3 Å². The van der Waals surface area contributed by atoms with Crippen molar-refractivity contribution >= 4 is 17.6 Å². The van der Waals surface area contributed by atoms with Gasteiger partial charge in [-0.05, 0) is 44.9 Å². The average Bonchev–Trinajstić information content (AvgIpc) is 2.77. The van der Waals surface area contributed by atoms with Crippen molar-refractivity contribution < 1.29 is 9.53 Å². The lowest BCUT2D eigenvalue weighted by Gasteiger charge is -2.05. The maximum atomic E-state index is 11.7. The molecule has 0 saturated heterocycles. The summed E-state index contributed by atoms with van der Waals surface area (Å²) in [6, 6.07) is 0. The molecule has 0 N–H and O–H groups in total. The number of hydrogen-bond acceptors (Lipinski definition) is 2. The van der Waals surface area contributed by atoms with E-state index in [0.29, 0.717) is 13.0 Å². The molecule has 2 nitrogen and oxygen atoms in total. The number of carbonyl (C=O) groups excluding carboxylic acids is 1. The van der Waals surface area contributed by atoms with Crippen LogP contribution in [0.5, 0.6) is 0 Å². The van der Waals surface area contributed by atoms with Crippen molar-refractivity contribution in [3.8, 4) is 0 Å². The lowest BCUT2D eigenvalue weighted by Crippen LogP contribution is -2.05. The Morgan fingerprint density at radius 1 is 0.613 bits per heavy atom. The summed E-state index contributed by atoms with van der Waals surface area (Å²) in [4.78, 5) is 11.7. The van der Waals surface area contributed by atoms with Crippen molar-refractivity contribution in [2.24, 2.45) is 0 Å². The fourth-order valence-electron chi connectivity index (χ4n) is 3.86.